The summed E-state index contributed by atoms with van der Waals surface area (Å²) in [6.07, 6.45) is 7.75. The van der Waals surface area contributed by atoms with Crippen LogP contribution < -0.4 is 0 Å². The van der Waals surface area contributed by atoms with Crippen LogP contribution in [0.1, 0.15) is 49.7 Å². The molecular formula is C25H23N5O3. The maximum atomic E-state index is 13.0. The zero-order valence-electron chi connectivity index (χ0n) is 18.5. The summed E-state index contributed by atoms with van der Waals surface area (Å²) in [4.78, 5) is 33.7. The SMILES string of the molecule is Cc1cc(C(=O)COC(=O)c2cccnc2-n2cncn2)c(C)n1-c1ccc2c(c1)CCC2. The van der Waals surface area contributed by atoms with Crippen LogP contribution in [0.4, 0.5) is 0 Å². The van der Waals surface area contributed by atoms with Crippen LogP contribution in [0.3, 0.4) is 0 Å². The number of hydrogen-bond acceptors (Lipinski definition) is 6. The third-order valence-corrected chi connectivity index (χ3v) is 6.05. The molecule has 0 atom stereocenters. The van der Waals surface area contributed by atoms with Gasteiger partial charge in [0, 0.05) is 28.8 Å². The molecule has 0 saturated heterocycles. The van der Waals surface area contributed by atoms with Gasteiger partial charge in [-0.3, -0.25) is 4.79 Å². The van der Waals surface area contributed by atoms with E-state index in [4.69, 9.17) is 4.74 Å². The lowest BCUT2D eigenvalue weighted by Crippen LogP contribution is -2.17. The summed E-state index contributed by atoms with van der Waals surface area (Å²) < 4.78 is 8.81. The molecule has 0 aliphatic heterocycles. The maximum absolute atomic E-state index is 13.0. The fraction of sp³-hybridized carbons (Fsp3) is 0.240. The summed E-state index contributed by atoms with van der Waals surface area (Å²) in [5.41, 5.74) is 6.38. The number of hydrogen-bond donors (Lipinski definition) is 0. The van der Waals surface area contributed by atoms with E-state index in [-0.39, 0.29) is 18.0 Å². The van der Waals surface area contributed by atoms with Gasteiger partial charge in [0.1, 0.15) is 18.2 Å². The predicted molar refractivity (Wildman–Crippen MR) is 121 cm³/mol. The zero-order valence-corrected chi connectivity index (χ0v) is 18.5. The molecule has 0 spiro atoms. The molecule has 3 aromatic heterocycles. The summed E-state index contributed by atoms with van der Waals surface area (Å²) >= 11 is 0. The van der Waals surface area contributed by atoms with E-state index in [1.165, 1.54) is 34.9 Å². The van der Waals surface area contributed by atoms with E-state index in [1.54, 1.807) is 18.3 Å². The van der Waals surface area contributed by atoms with Crippen molar-refractivity contribution in [1.29, 1.82) is 0 Å². The van der Waals surface area contributed by atoms with Crippen molar-refractivity contribution in [2.45, 2.75) is 33.1 Å². The number of esters is 1. The van der Waals surface area contributed by atoms with Gasteiger partial charge >= 0.3 is 5.97 Å². The molecule has 1 aromatic carbocycles. The van der Waals surface area contributed by atoms with Crippen LogP contribution in [-0.2, 0) is 17.6 Å². The molecule has 1 aliphatic carbocycles. The van der Waals surface area contributed by atoms with Gasteiger partial charge < -0.3 is 9.30 Å². The molecule has 0 unspecified atom stereocenters. The molecule has 0 N–H and O–H groups in total. The Bertz CT molecular complexity index is 1350. The third kappa shape index (κ3) is 3.84. The Morgan fingerprint density at radius 1 is 1.06 bits per heavy atom. The standard InChI is InChI=1S/C25H23N5O3/c1-16-11-22(17(2)30(16)20-9-8-18-5-3-6-19(18)12-20)23(31)13-33-25(32)21-7-4-10-27-24(21)29-15-26-14-28-29/h4,7-12,14-15H,3,5-6,13H2,1-2H3. The first kappa shape index (κ1) is 20.8. The molecule has 3 heterocycles. The molecule has 0 radical (unpaired) electrons. The highest BCUT2D eigenvalue weighted by Crippen LogP contribution is 2.27. The van der Waals surface area contributed by atoms with Gasteiger partial charge in [0.2, 0.25) is 5.78 Å². The van der Waals surface area contributed by atoms with Crippen molar-refractivity contribution in [3.8, 4) is 11.5 Å². The normalized spacial score (nSPS) is 12.5. The molecule has 0 amide bonds. The number of carbonyl (C=O) groups excluding carboxylic acids is 2. The fourth-order valence-electron chi connectivity index (χ4n) is 4.48. The number of Topliss-reactive ketones (excluding diaryl/α,β-unsaturated/α-hetero) is 1. The van der Waals surface area contributed by atoms with E-state index in [1.807, 2.05) is 19.9 Å². The summed E-state index contributed by atoms with van der Waals surface area (Å²) in [6, 6.07) is 11.6. The van der Waals surface area contributed by atoms with Crippen molar-refractivity contribution < 1.29 is 14.3 Å². The average Bonchev–Trinajstić information content (AvgIpc) is 3.57. The smallest absolute Gasteiger partial charge is 0.342 e. The number of ether oxygens (including phenoxy) is 1. The van der Waals surface area contributed by atoms with Gasteiger partial charge in [0.05, 0.1) is 0 Å². The van der Waals surface area contributed by atoms with Crippen molar-refractivity contribution in [3.63, 3.8) is 0 Å². The van der Waals surface area contributed by atoms with Gasteiger partial charge in [-0.2, -0.15) is 5.10 Å². The van der Waals surface area contributed by atoms with E-state index < -0.39 is 5.97 Å². The van der Waals surface area contributed by atoms with Crippen LogP contribution in [0.15, 0.2) is 55.2 Å². The summed E-state index contributed by atoms with van der Waals surface area (Å²) in [6.45, 7) is 3.53. The first-order valence-electron chi connectivity index (χ1n) is 10.8. The van der Waals surface area contributed by atoms with Crippen molar-refractivity contribution >= 4 is 11.8 Å². The number of rotatable bonds is 6. The minimum Gasteiger partial charge on any atom is -0.454 e. The van der Waals surface area contributed by atoms with Crippen LogP contribution in [0.25, 0.3) is 11.5 Å². The van der Waals surface area contributed by atoms with E-state index >= 15 is 0 Å². The molecule has 8 heteroatoms. The Morgan fingerprint density at radius 3 is 2.73 bits per heavy atom. The average molecular weight is 441 g/mol. The minimum absolute atomic E-state index is 0.208. The molecule has 0 saturated carbocycles. The van der Waals surface area contributed by atoms with Crippen LogP contribution in [0.5, 0.6) is 0 Å². The van der Waals surface area contributed by atoms with Gasteiger partial charge in [-0.1, -0.05) is 6.07 Å². The lowest BCUT2D eigenvalue weighted by Gasteiger charge is -2.12. The van der Waals surface area contributed by atoms with Crippen molar-refractivity contribution in [2.24, 2.45) is 0 Å². The van der Waals surface area contributed by atoms with Gasteiger partial charge in [-0.15, -0.1) is 0 Å². The molecule has 166 valence electrons. The Labute approximate surface area is 190 Å². The lowest BCUT2D eigenvalue weighted by molar-refractivity contribution is 0.0474. The highest BCUT2D eigenvalue weighted by Gasteiger charge is 2.21. The summed E-state index contributed by atoms with van der Waals surface area (Å²) in [7, 11) is 0. The Kier molecular flexibility index (Phi) is 5.34. The molecule has 8 nitrogen and oxygen atoms in total. The Morgan fingerprint density at radius 2 is 1.91 bits per heavy atom. The summed E-state index contributed by atoms with van der Waals surface area (Å²) in [5, 5.41) is 4.01. The highest BCUT2D eigenvalue weighted by molar-refractivity contribution is 6.01. The second kappa shape index (κ2) is 8.46. The second-order valence-electron chi connectivity index (χ2n) is 8.14. The zero-order chi connectivity index (χ0) is 22.9. The number of ketones is 1. The maximum Gasteiger partial charge on any atom is 0.342 e. The van der Waals surface area contributed by atoms with Crippen molar-refractivity contribution in [3.05, 3.63) is 88.9 Å². The number of pyridine rings is 1. The van der Waals surface area contributed by atoms with Gasteiger partial charge in [-0.05, 0) is 74.6 Å². The van der Waals surface area contributed by atoms with Gasteiger partial charge in [0.25, 0.3) is 0 Å². The molecular weight excluding hydrogens is 418 g/mol. The molecule has 0 fully saturated rings. The molecule has 4 aromatic rings. The van der Waals surface area contributed by atoms with Crippen molar-refractivity contribution in [1.82, 2.24) is 24.3 Å². The van der Waals surface area contributed by atoms with E-state index in [2.05, 4.69) is 37.8 Å². The Hall–Kier alpha value is -4.07. The number of fused-ring (bicyclic) bond motifs is 1. The first-order chi connectivity index (χ1) is 16.0. The number of aromatic nitrogens is 5. The molecule has 1 aliphatic rings. The topological polar surface area (TPSA) is 91.9 Å². The van der Waals surface area contributed by atoms with Gasteiger partial charge in [-0.25, -0.2) is 19.4 Å². The largest absolute Gasteiger partial charge is 0.454 e. The highest BCUT2D eigenvalue weighted by atomic mass is 16.5. The Balaban J connectivity index is 1.35. The first-order valence-corrected chi connectivity index (χ1v) is 10.8. The van der Waals surface area contributed by atoms with E-state index in [0.29, 0.717) is 11.4 Å². The number of nitrogens with zero attached hydrogens (tertiary/aromatic N) is 5. The minimum atomic E-state index is -0.644. The monoisotopic (exact) mass is 441 g/mol. The fourth-order valence-corrected chi connectivity index (χ4v) is 4.48. The summed E-state index contributed by atoms with van der Waals surface area (Å²) in [5.74, 6) is -0.605. The van der Waals surface area contributed by atoms with Crippen LogP contribution in [0.2, 0.25) is 0 Å². The van der Waals surface area contributed by atoms with Crippen LogP contribution in [-0.4, -0.2) is 42.7 Å². The number of aryl methyl sites for hydroxylation is 3. The van der Waals surface area contributed by atoms with Gasteiger partial charge in [0.15, 0.2) is 12.4 Å². The number of benzene rings is 1. The quantitative estimate of drug-likeness (QED) is 0.335. The number of carbonyl (C=O) groups is 2. The van der Waals surface area contributed by atoms with Crippen LogP contribution >= 0.6 is 0 Å². The van der Waals surface area contributed by atoms with Crippen molar-refractivity contribution in [2.75, 3.05) is 6.61 Å². The second-order valence-corrected chi connectivity index (χ2v) is 8.14. The van der Waals surface area contributed by atoms with Crippen LogP contribution in [0, 0.1) is 13.8 Å². The predicted octanol–water partition coefficient (Wildman–Crippen LogP) is 3.60. The van der Waals surface area contributed by atoms with E-state index in [9.17, 15) is 9.59 Å². The molecule has 33 heavy (non-hydrogen) atoms. The third-order valence-electron chi connectivity index (χ3n) is 6.05. The lowest BCUT2D eigenvalue weighted by atomic mass is 10.1. The molecule has 5 rings (SSSR count). The van der Waals surface area contributed by atoms with E-state index in [0.717, 1.165) is 29.9 Å². The molecule has 0 bridgehead atoms.